The lowest BCUT2D eigenvalue weighted by Gasteiger charge is -2.38. The molecule has 1 aromatic carbocycles. The molecule has 0 saturated carbocycles. The second-order valence-corrected chi connectivity index (χ2v) is 22.5. The molecule has 0 amide bonds. The molecule has 0 aromatic heterocycles. The van der Waals surface area contributed by atoms with Gasteiger partial charge in [-0.2, -0.15) is 0 Å². The standard InChI is InChI=1S/C30H54O4Si2/c1-25(18-20-28(23-31)34-36(10,11)30(5,6)7)17-19-27(33-35(8,9)29(2,3)4)21-22-32-24-26-15-13-12-14-16-26/h12-19,27-28,31H,20-24H2,1-11H3/b19-17+,25-18+/t27-,28+/m1/s1. The monoisotopic (exact) mass is 534 g/mol. The Balaban J connectivity index is 2.83. The van der Waals surface area contributed by atoms with Crippen molar-refractivity contribution >= 4 is 16.6 Å². The second-order valence-electron chi connectivity index (χ2n) is 13.0. The van der Waals surface area contributed by atoms with Crippen LogP contribution >= 0.6 is 0 Å². The molecule has 206 valence electrons. The van der Waals surface area contributed by atoms with Crippen LogP contribution in [0.1, 0.15) is 66.9 Å². The molecule has 0 aliphatic carbocycles. The van der Waals surface area contributed by atoms with Crippen LogP contribution in [0.3, 0.4) is 0 Å². The van der Waals surface area contributed by atoms with Crippen molar-refractivity contribution in [2.45, 2.75) is 116 Å². The summed E-state index contributed by atoms with van der Waals surface area (Å²) in [7, 11) is -3.85. The molecule has 0 radical (unpaired) electrons. The van der Waals surface area contributed by atoms with Gasteiger partial charge < -0.3 is 18.7 Å². The number of aliphatic hydroxyl groups is 1. The molecule has 2 atom stereocenters. The fraction of sp³-hybridized carbons (Fsp3) is 0.667. The van der Waals surface area contributed by atoms with Crippen LogP contribution in [0.15, 0.2) is 54.1 Å². The quantitative estimate of drug-likeness (QED) is 0.148. The van der Waals surface area contributed by atoms with Crippen molar-refractivity contribution in [3.05, 3.63) is 59.7 Å². The van der Waals surface area contributed by atoms with Gasteiger partial charge in [0.05, 0.1) is 25.4 Å². The van der Waals surface area contributed by atoms with Crippen LogP contribution in [0.4, 0.5) is 0 Å². The summed E-state index contributed by atoms with van der Waals surface area (Å²) in [6.07, 6.45) is 7.85. The summed E-state index contributed by atoms with van der Waals surface area (Å²) in [6, 6.07) is 10.3. The van der Waals surface area contributed by atoms with Gasteiger partial charge in [-0.1, -0.05) is 95.7 Å². The summed E-state index contributed by atoms with van der Waals surface area (Å²) in [4.78, 5) is 0. The van der Waals surface area contributed by atoms with E-state index in [-0.39, 0.29) is 28.9 Å². The first kappa shape index (κ1) is 33.0. The van der Waals surface area contributed by atoms with Crippen LogP contribution < -0.4 is 0 Å². The minimum Gasteiger partial charge on any atom is -0.411 e. The molecule has 0 unspecified atom stereocenters. The SMILES string of the molecule is CC(/C=C/[C@H](CCOCc1ccccc1)O[Si](C)(C)C(C)(C)C)=C\C[C@@H](CO)O[Si](C)(C)C(C)(C)C. The third kappa shape index (κ3) is 11.6. The minimum atomic E-state index is -1.93. The third-order valence-electron chi connectivity index (χ3n) is 7.66. The summed E-state index contributed by atoms with van der Waals surface area (Å²) in [5.41, 5.74) is 2.34. The van der Waals surface area contributed by atoms with Crippen LogP contribution in [-0.2, 0) is 20.2 Å². The van der Waals surface area contributed by atoms with Gasteiger partial charge in [-0.15, -0.1) is 0 Å². The molecule has 0 saturated heterocycles. The molecule has 0 fully saturated rings. The Morgan fingerprint density at radius 2 is 1.47 bits per heavy atom. The Bertz CT molecular complexity index is 818. The van der Waals surface area contributed by atoms with Gasteiger partial charge >= 0.3 is 0 Å². The highest BCUT2D eigenvalue weighted by molar-refractivity contribution is 6.74. The zero-order valence-corrected chi connectivity index (χ0v) is 27.0. The largest absolute Gasteiger partial charge is 0.411 e. The molecule has 1 rings (SSSR count). The zero-order valence-electron chi connectivity index (χ0n) is 25.0. The van der Waals surface area contributed by atoms with E-state index in [0.29, 0.717) is 19.6 Å². The maximum atomic E-state index is 9.91. The highest BCUT2D eigenvalue weighted by Crippen LogP contribution is 2.38. The van der Waals surface area contributed by atoms with Crippen LogP contribution in [0, 0.1) is 0 Å². The fourth-order valence-electron chi connectivity index (χ4n) is 3.11. The van der Waals surface area contributed by atoms with E-state index in [0.717, 1.165) is 12.0 Å². The number of benzene rings is 1. The summed E-state index contributed by atoms with van der Waals surface area (Å²) in [5, 5.41) is 10.2. The minimum absolute atomic E-state index is 0.00198. The lowest BCUT2D eigenvalue weighted by atomic mass is 10.1. The van der Waals surface area contributed by atoms with E-state index >= 15 is 0 Å². The summed E-state index contributed by atoms with van der Waals surface area (Å²) in [5.74, 6) is 0. The topological polar surface area (TPSA) is 47.9 Å². The zero-order chi connectivity index (χ0) is 27.6. The number of allylic oxidation sites excluding steroid dienone is 2. The van der Waals surface area contributed by atoms with Crippen LogP contribution in [0.25, 0.3) is 0 Å². The highest BCUT2D eigenvalue weighted by atomic mass is 28.4. The molecule has 1 N–H and O–H groups in total. The summed E-state index contributed by atoms with van der Waals surface area (Å²) >= 11 is 0. The average molecular weight is 535 g/mol. The number of rotatable bonds is 14. The van der Waals surface area contributed by atoms with Crippen molar-refractivity contribution in [3.8, 4) is 0 Å². The van der Waals surface area contributed by atoms with E-state index in [4.69, 9.17) is 13.6 Å². The maximum absolute atomic E-state index is 9.91. The molecule has 1 aromatic rings. The van der Waals surface area contributed by atoms with Gasteiger partial charge in [-0.25, -0.2) is 0 Å². The van der Waals surface area contributed by atoms with E-state index in [1.165, 1.54) is 5.56 Å². The van der Waals surface area contributed by atoms with E-state index < -0.39 is 16.6 Å². The Labute approximate surface area is 224 Å². The van der Waals surface area contributed by atoms with E-state index in [9.17, 15) is 5.11 Å². The average Bonchev–Trinajstić information content (AvgIpc) is 2.76. The van der Waals surface area contributed by atoms with Crippen molar-refractivity contribution in [3.63, 3.8) is 0 Å². The number of aliphatic hydroxyl groups excluding tert-OH is 1. The molecule has 6 heteroatoms. The van der Waals surface area contributed by atoms with Crippen molar-refractivity contribution < 1.29 is 18.7 Å². The Morgan fingerprint density at radius 1 is 0.917 bits per heavy atom. The van der Waals surface area contributed by atoms with Gasteiger partial charge in [0.1, 0.15) is 0 Å². The first-order valence-corrected chi connectivity index (χ1v) is 19.2. The van der Waals surface area contributed by atoms with Crippen LogP contribution in [0.5, 0.6) is 0 Å². The van der Waals surface area contributed by atoms with Crippen molar-refractivity contribution in [1.82, 2.24) is 0 Å². The highest BCUT2D eigenvalue weighted by Gasteiger charge is 2.39. The molecular formula is C30H54O4Si2. The second kappa shape index (κ2) is 14.2. The molecule has 0 heterocycles. The van der Waals surface area contributed by atoms with Crippen molar-refractivity contribution in [2.24, 2.45) is 0 Å². The first-order chi connectivity index (χ1) is 16.5. The maximum Gasteiger partial charge on any atom is 0.192 e. The predicted molar refractivity (Wildman–Crippen MR) is 159 cm³/mol. The Morgan fingerprint density at radius 3 is 2.00 bits per heavy atom. The molecular weight excluding hydrogens is 480 g/mol. The molecule has 0 aliphatic rings. The molecule has 4 nitrogen and oxygen atoms in total. The van der Waals surface area contributed by atoms with E-state index in [1.54, 1.807) is 0 Å². The summed E-state index contributed by atoms with van der Waals surface area (Å²) in [6.45, 7) is 26.0. The van der Waals surface area contributed by atoms with E-state index in [1.807, 2.05) is 18.2 Å². The van der Waals surface area contributed by atoms with Gasteiger partial charge in [0.25, 0.3) is 0 Å². The van der Waals surface area contributed by atoms with Gasteiger partial charge in [0.2, 0.25) is 0 Å². The predicted octanol–water partition coefficient (Wildman–Crippen LogP) is 8.26. The lowest BCUT2D eigenvalue weighted by Crippen LogP contribution is -2.44. The molecule has 36 heavy (non-hydrogen) atoms. The van der Waals surface area contributed by atoms with Gasteiger partial charge in [0, 0.05) is 6.61 Å². The molecule has 0 aliphatic heterocycles. The molecule has 0 bridgehead atoms. The van der Waals surface area contributed by atoms with Crippen LogP contribution in [0.2, 0.25) is 36.3 Å². The van der Waals surface area contributed by atoms with E-state index in [2.05, 4.69) is 105 Å². The van der Waals surface area contributed by atoms with Crippen molar-refractivity contribution in [1.29, 1.82) is 0 Å². The van der Waals surface area contributed by atoms with Crippen LogP contribution in [-0.4, -0.2) is 47.2 Å². The van der Waals surface area contributed by atoms with Crippen molar-refractivity contribution in [2.75, 3.05) is 13.2 Å². The normalized spacial score (nSPS) is 15.9. The lowest BCUT2D eigenvalue weighted by molar-refractivity contribution is 0.0908. The Hall–Kier alpha value is -1.03. The number of hydrogen-bond acceptors (Lipinski definition) is 4. The van der Waals surface area contributed by atoms with Gasteiger partial charge in [-0.3, -0.25) is 0 Å². The van der Waals surface area contributed by atoms with Gasteiger partial charge in [0.15, 0.2) is 16.6 Å². The van der Waals surface area contributed by atoms with Gasteiger partial charge in [-0.05, 0) is 61.6 Å². The number of ether oxygens (including phenoxy) is 1. The fourth-order valence-corrected chi connectivity index (χ4v) is 5.78. The Kier molecular flexibility index (Phi) is 13.0. The smallest absolute Gasteiger partial charge is 0.192 e. The third-order valence-corrected chi connectivity index (χ3v) is 16.7. The summed E-state index contributed by atoms with van der Waals surface area (Å²) < 4.78 is 19.1. The first-order valence-electron chi connectivity index (χ1n) is 13.4. The molecule has 0 spiro atoms. The number of hydrogen-bond donors (Lipinski definition) is 1.